The van der Waals surface area contributed by atoms with Crippen molar-refractivity contribution < 1.29 is 0 Å². The Morgan fingerprint density at radius 3 is 2.64 bits per heavy atom. The number of nitrogens with zero attached hydrogens (tertiary/aromatic N) is 2. The molecule has 14 heavy (non-hydrogen) atoms. The second-order valence-corrected chi connectivity index (χ2v) is 4.50. The Morgan fingerprint density at radius 1 is 1.50 bits per heavy atom. The lowest BCUT2D eigenvalue weighted by Crippen LogP contribution is -2.17. The predicted octanol–water partition coefficient (Wildman–Crippen LogP) is 1.34. The number of aromatic nitrogens is 1. The summed E-state index contributed by atoms with van der Waals surface area (Å²) in [5, 5.41) is 8.41. The van der Waals surface area contributed by atoms with E-state index in [4.69, 9.17) is 11.1 Å². The molecular weight excluding hydrogens is 196 g/mol. The smallest absolute Gasteiger partial charge is 0.186 e. The van der Waals surface area contributed by atoms with Crippen LogP contribution in [0.2, 0.25) is 0 Å². The van der Waals surface area contributed by atoms with Gasteiger partial charge in [-0.05, 0) is 19.8 Å². The van der Waals surface area contributed by atoms with E-state index >= 15 is 0 Å². The molecule has 3 N–H and O–H groups in total. The molecule has 0 saturated carbocycles. The van der Waals surface area contributed by atoms with Crippen LogP contribution in [0.1, 0.15) is 23.4 Å². The summed E-state index contributed by atoms with van der Waals surface area (Å²) in [4.78, 5) is 7.52. The van der Waals surface area contributed by atoms with Gasteiger partial charge in [0.1, 0.15) is 5.84 Å². The van der Waals surface area contributed by atoms with Gasteiger partial charge >= 0.3 is 0 Å². The Bertz CT molecular complexity index is 352. The summed E-state index contributed by atoms with van der Waals surface area (Å²) in [6, 6.07) is 0. The minimum atomic E-state index is 0.130. The lowest BCUT2D eigenvalue weighted by Gasteiger charge is -2.11. The summed E-state index contributed by atoms with van der Waals surface area (Å²) >= 11 is 1.53. The van der Waals surface area contributed by atoms with E-state index in [1.54, 1.807) is 0 Å². The predicted molar refractivity (Wildman–Crippen MR) is 59.3 cm³/mol. The third-order valence-electron chi connectivity index (χ3n) is 2.41. The number of hydrogen-bond acceptors (Lipinski definition) is 4. The largest absolute Gasteiger partial charge is 0.383 e. The number of thiazole rings is 1. The minimum Gasteiger partial charge on any atom is -0.383 e. The summed E-state index contributed by atoms with van der Waals surface area (Å²) < 4.78 is 0. The Kier molecular flexibility index (Phi) is 2.41. The molecule has 1 aliphatic rings. The van der Waals surface area contributed by atoms with Crippen LogP contribution in [0.3, 0.4) is 0 Å². The third-order valence-corrected chi connectivity index (χ3v) is 3.66. The molecule has 2 rings (SSSR count). The van der Waals surface area contributed by atoms with Crippen LogP contribution >= 0.6 is 11.3 Å². The molecule has 2 heterocycles. The number of aryl methyl sites for hydroxylation is 1. The first-order chi connectivity index (χ1) is 6.68. The lowest BCUT2D eigenvalue weighted by molar-refractivity contribution is 0.949. The molecule has 1 aliphatic heterocycles. The topological polar surface area (TPSA) is 66.0 Å². The first-order valence-corrected chi connectivity index (χ1v) is 5.57. The van der Waals surface area contributed by atoms with E-state index in [9.17, 15) is 0 Å². The molecule has 0 spiro atoms. The van der Waals surface area contributed by atoms with Gasteiger partial charge in [-0.1, -0.05) is 11.3 Å². The van der Waals surface area contributed by atoms with Crippen LogP contribution in [-0.4, -0.2) is 23.9 Å². The van der Waals surface area contributed by atoms with Crippen molar-refractivity contribution in [2.75, 3.05) is 18.0 Å². The van der Waals surface area contributed by atoms with Crippen LogP contribution in [0.15, 0.2) is 0 Å². The van der Waals surface area contributed by atoms with Gasteiger partial charge in [0.2, 0.25) is 0 Å². The molecule has 0 bridgehead atoms. The van der Waals surface area contributed by atoms with Crippen molar-refractivity contribution in [2.45, 2.75) is 19.8 Å². The fourth-order valence-corrected chi connectivity index (χ4v) is 2.66. The summed E-state index contributed by atoms with van der Waals surface area (Å²) in [7, 11) is 0. The molecule has 0 radical (unpaired) electrons. The van der Waals surface area contributed by atoms with Gasteiger partial charge in [-0.2, -0.15) is 0 Å². The second-order valence-electron chi connectivity index (χ2n) is 3.52. The highest BCUT2D eigenvalue weighted by atomic mass is 32.1. The van der Waals surface area contributed by atoms with Crippen molar-refractivity contribution in [3.63, 3.8) is 0 Å². The summed E-state index contributed by atoms with van der Waals surface area (Å²) in [6.45, 7) is 4.08. The van der Waals surface area contributed by atoms with Crippen LogP contribution in [0, 0.1) is 12.3 Å². The van der Waals surface area contributed by atoms with Crippen LogP contribution in [0.25, 0.3) is 0 Å². The molecule has 0 atom stereocenters. The van der Waals surface area contributed by atoms with E-state index in [-0.39, 0.29) is 5.84 Å². The fourth-order valence-electron chi connectivity index (χ4n) is 1.68. The van der Waals surface area contributed by atoms with Crippen LogP contribution in [0.4, 0.5) is 5.13 Å². The SMILES string of the molecule is Cc1nc(N2CCCC2)sc1C(=N)N. The number of anilines is 1. The maximum atomic E-state index is 7.39. The zero-order valence-corrected chi connectivity index (χ0v) is 9.02. The van der Waals surface area contributed by atoms with E-state index < -0.39 is 0 Å². The molecule has 76 valence electrons. The van der Waals surface area contributed by atoms with Crippen molar-refractivity contribution in [1.82, 2.24) is 4.98 Å². The fraction of sp³-hybridized carbons (Fsp3) is 0.556. The van der Waals surface area contributed by atoms with Crippen molar-refractivity contribution in [3.05, 3.63) is 10.6 Å². The minimum absolute atomic E-state index is 0.130. The molecule has 5 heteroatoms. The molecule has 1 fully saturated rings. The highest BCUT2D eigenvalue weighted by Gasteiger charge is 2.18. The van der Waals surface area contributed by atoms with E-state index in [1.807, 2.05) is 6.92 Å². The number of amidine groups is 1. The molecular formula is C9H14N4S. The Morgan fingerprint density at radius 2 is 2.14 bits per heavy atom. The number of nitrogens with one attached hydrogen (secondary N) is 1. The molecule has 1 aromatic rings. The van der Waals surface area contributed by atoms with Gasteiger partial charge in [-0.3, -0.25) is 5.41 Å². The van der Waals surface area contributed by atoms with Gasteiger partial charge in [0.25, 0.3) is 0 Å². The average molecular weight is 210 g/mol. The Hall–Kier alpha value is -1.10. The normalized spacial score (nSPS) is 16.2. The van der Waals surface area contributed by atoms with Crippen molar-refractivity contribution in [1.29, 1.82) is 5.41 Å². The molecule has 4 nitrogen and oxygen atoms in total. The third kappa shape index (κ3) is 1.59. The van der Waals surface area contributed by atoms with Crippen molar-refractivity contribution in [2.24, 2.45) is 5.73 Å². The molecule has 1 saturated heterocycles. The van der Waals surface area contributed by atoms with Crippen molar-refractivity contribution in [3.8, 4) is 0 Å². The zero-order chi connectivity index (χ0) is 10.1. The number of nitrogens with two attached hydrogens (primary N) is 1. The number of nitrogen functional groups attached to an aromatic ring is 1. The maximum Gasteiger partial charge on any atom is 0.186 e. The molecule has 0 unspecified atom stereocenters. The van der Waals surface area contributed by atoms with Crippen LogP contribution in [0.5, 0.6) is 0 Å². The van der Waals surface area contributed by atoms with Crippen LogP contribution < -0.4 is 10.6 Å². The Labute approximate surface area is 87.3 Å². The van der Waals surface area contributed by atoms with Crippen molar-refractivity contribution >= 4 is 22.3 Å². The highest BCUT2D eigenvalue weighted by molar-refractivity contribution is 7.17. The zero-order valence-electron chi connectivity index (χ0n) is 8.21. The molecule has 0 aliphatic carbocycles. The maximum absolute atomic E-state index is 7.39. The van der Waals surface area contributed by atoms with Gasteiger partial charge in [-0.25, -0.2) is 4.98 Å². The van der Waals surface area contributed by atoms with E-state index in [0.717, 1.165) is 28.8 Å². The average Bonchev–Trinajstić information content (AvgIpc) is 2.70. The Balaban J connectivity index is 2.27. The van der Waals surface area contributed by atoms with Gasteiger partial charge < -0.3 is 10.6 Å². The van der Waals surface area contributed by atoms with E-state index in [0.29, 0.717) is 0 Å². The standard InChI is InChI=1S/C9H14N4S/c1-6-7(8(10)11)14-9(12-6)13-4-2-3-5-13/h2-5H2,1H3,(H3,10,11). The quantitative estimate of drug-likeness (QED) is 0.572. The van der Waals surface area contributed by atoms with Gasteiger partial charge in [0, 0.05) is 13.1 Å². The highest BCUT2D eigenvalue weighted by Crippen LogP contribution is 2.28. The molecule has 0 amide bonds. The van der Waals surface area contributed by atoms with Gasteiger partial charge in [0.05, 0.1) is 10.6 Å². The van der Waals surface area contributed by atoms with Crippen LogP contribution in [-0.2, 0) is 0 Å². The lowest BCUT2D eigenvalue weighted by atomic mass is 10.4. The monoisotopic (exact) mass is 210 g/mol. The number of hydrogen-bond donors (Lipinski definition) is 2. The van der Waals surface area contributed by atoms with Gasteiger partial charge in [0.15, 0.2) is 5.13 Å². The summed E-state index contributed by atoms with van der Waals surface area (Å²) in [5.41, 5.74) is 6.34. The first-order valence-electron chi connectivity index (χ1n) is 4.75. The van der Waals surface area contributed by atoms with Gasteiger partial charge in [-0.15, -0.1) is 0 Å². The molecule has 1 aromatic heterocycles. The molecule has 0 aromatic carbocycles. The van der Waals surface area contributed by atoms with E-state index in [1.165, 1.54) is 24.2 Å². The van der Waals surface area contributed by atoms with E-state index in [2.05, 4.69) is 9.88 Å². The second kappa shape index (κ2) is 3.57. The number of rotatable bonds is 2. The summed E-state index contributed by atoms with van der Waals surface area (Å²) in [5.74, 6) is 0.130. The summed E-state index contributed by atoms with van der Waals surface area (Å²) in [6.07, 6.45) is 2.49. The first kappa shape index (κ1) is 9.45.